The number of hydrogen-bond acceptors (Lipinski definition) is 5. The number of carbonyl (C=O) groups excluding carboxylic acids is 3. The molecule has 1 unspecified atom stereocenters. The van der Waals surface area contributed by atoms with Crippen molar-refractivity contribution in [3.8, 4) is 0 Å². The predicted molar refractivity (Wildman–Crippen MR) is 128 cm³/mol. The van der Waals surface area contributed by atoms with Gasteiger partial charge in [-0.1, -0.05) is 12.1 Å². The van der Waals surface area contributed by atoms with Crippen molar-refractivity contribution >= 4 is 45.3 Å². The van der Waals surface area contributed by atoms with Crippen molar-refractivity contribution in [1.82, 2.24) is 19.8 Å². The fourth-order valence-electron chi connectivity index (χ4n) is 5.69. The standard InChI is InChI=1S/C26H19N5O4/c1-30-25(35)29-24(34)26(30)10-14-7-13-5-6-16(27-19(13)8-15(14)11-26)12-31-20-4-2-3-18-22(20)17(9-21(31)32)23(33)28-18/h2-9H,10-12H2,1H3,(H,28,33)(H,29,34,35). The molecule has 2 aromatic carbocycles. The van der Waals surface area contributed by atoms with Gasteiger partial charge in [-0.05, 0) is 41.5 Å². The minimum atomic E-state index is -0.886. The third-order valence-corrected chi connectivity index (χ3v) is 7.57. The second-order valence-electron chi connectivity index (χ2n) is 9.46. The van der Waals surface area contributed by atoms with Crippen LogP contribution in [0.15, 0.2) is 53.3 Å². The minimum absolute atomic E-state index is 0.254. The zero-order chi connectivity index (χ0) is 24.1. The summed E-state index contributed by atoms with van der Waals surface area (Å²) in [5, 5.41) is 6.90. The highest BCUT2D eigenvalue weighted by Gasteiger charge is 2.54. The van der Waals surface area contributed by atoms with Gasteiger partial charge < -0.3 is 14.8 Å². The molecule has 0 saturated carbocycles. The second kappa shape index (κ2) is 6.53. The number of nitrogens with zero attached hydrogens (tertiary/aromatic N) is 3. The first-order valence-corrected chi connectivity index (χ1v) is 11.3. The molecule has 35 heavy (non-hydrogen) atoms. The molecule has 0 radical (unpaired) electrons. The third kappa shape index (κ3) is 2.60. The van der Waals surface area contributed by atoms with Gasteiger partial charge in [-0.3, -0.25) is 24.7 Å². The Morgan fingerprint density at radius 2 is 1.77 bits per heavy atom. The molecule has 1 fully saturated rings. The molecule has 9 heteroatoms. The summed E-state index contributed by atoms with van der Waals surface area (Å²) in [4.78, 5) is 56.1. The van der Waals surface area contributed by atoms with E-state index in [1.54, 1.807) is 11.6 Å². The highest BCUT2D eigenvalue weighted by atomic mass is 16.2. The molecule has 1 saturated heterocycles. The summed E-state index contributed by atoms with van der Waals surface area (Å²) in [5.41, 5.74) is 4.12. The lowest BCUT2D eigenvalue weighted by molar-refractivity contribution is -0.125. The molecule has 2 aromatic heterocycles. The third-order valence-electron chi connectivity index (χ3n) is 7.57. The van der Waals surface area contributed by atoms with Gasteiger partial charge in [-0.2, -0.15) is 0 Å². The van der Waals surface area contributed by atoms with E-state index < -0.39 is 5.54 Å². The smallest absolute Gasteiger partial charge is 0.321 e. The number of hydrogen-bond donors (Lipinski definition) is 2. The SMILES string of the molecule is CN1C(=O)NC(=O)C12Cc1cc3ccc(Cn4c(=O)cc5c6c(cccc64)NC5=O)nc3cc1C2. The maximum atomic E-state index is 12.9. The van der Waals surface area contributed by atoms with Crippen molar-refractivity contribution in [1.29, 1.82) is 0 Å². The molecule has 4 aromatic rings. The summed E-state index contributed by atoms with van der Waals surface area (Å²) in [7, 11) is 1.65. The van der Waals surface area contributed by atoms with Gasteiger partial charge in [-0.25, -0.2) is 4.79 Å². The number of nitrogens with one attached hydrogen (secondary N) is 2. The number of anilines is 1. The Morgan fingerprint density at radius 1 is 0.971 bits per heavy atom. The van der Waals surface area contributed by atoms with Crippen LogP contribution >= 0.6 is 0 Å². The highest BCUT2D eigenvalue weighted by molar-refractivity contribution is 6.23. The topological polar surface area (TPSA) is 113 Å². The van der Waals surface area contributed by atoms with Crippen LogP contribution in [0.2, 0.25) is 0 Å². The highest BCUT2D eigenvalue weighted by Crippen LogP contribution is 2.38. The predicted octanol–water partition coefficient (Wildman–Crippen LogP) is 2.18. The Morgan fingerprint density at radius 3 is 2.54 bits per heavy atom. The summed E-state index contributed by atoms with van der Waals surface area (Å²) in [6.45, 7) is 0.254. The van der Waals surface area contributed by atoms with Crippen molar-refractivity contribution < 1.29 is 14.4 Å². The van der Waals surface area contributed by atoms with Gasteiger partial charge in [0.15, 0.2) is 0 Å². The van der Waals surface area contributed by atoms with Crippen molar-refractivity contribution in [2.24, 2.45) is 0 Å². The zero-order valence-corrected chi connectivity index (χ0v) is 18.7. The number of urea groups is 1. The summed E-state index contributed by atoms with van der Waals surface area (Å²) in [5.74, 6) is -0.530. The number of carbonyl (C=O) groups is 3. The molecule has 1 aliphatic carbocycles. The van der Waals surface area contributed by atoms with Gasteiger partial charge in [0.1, 0.15) is 5.54 Å². The van der Waals surface area contributed by atoms with E-state index in [0.29, 0.717) is 35.3 Å². The number of benzene rings is 2. The van der Waals surface area contributed by atoms with Crippen molar-refractivity contribution in [2.45, 2.75) is 24.9 Å². The molecule has 1 atom stereocenters. The Hall–Kier alpha value is -4.53. The molecule has 2 N–H and O–H groups in total. The van der Waals surface area contributed by atoms with Crippen LogP contribution in [0.5, 0.6) is 0 Å². The van der Waals surface area contributed by atoms with E-state index in [2.05, 4.69) is 10.6 Å². The molecule has 9 nitrogen and oxygen atoms in total. The van der Waals surface area contributed by atoms with E-state index in [0.717, 1.165) is 27.4 Å². The molecule has 0 bridgehead atoms. The fourth-order valence-corrected chi connectivity index (χ4v) is 5.69. The number of rotatable bonds is 2. The first-order valence-electron chi connectivity index (χ1n) is 11.3. The minimum Gasteiger partial charge on any atom is -0.321 e. The van der Waals surface area contributed by atoms with Crippen molar-refractivity contribution in [3.05, 3.63) is 81.3 Å². The molecule has 4 heterocycles. The van der Waals surface area contributed by atoms with Gasteiger partial charge >= 0.3 is 6.03 Å². The lowest BCUT2D eigenvalue weighted by atomic mass is 9.95. The van der Waals surface area contributed by atoms with Gasteiger partial charge in [-0.15, -0.1) is 0 Å². The Balaban J connectivity index is 1.29. The van der Waals surface area contributed by atoms with Crippen LogP contribution in [0.1, 0.15) is 27.2 Å². The average molecular weight is 465 g/mol. The van der Waals surface area contributed by atoms with Crippen LogP contribution in [0.4, 0.5) is 10.5 Å². The normalized spacial score (nSPS) is 20.3. The number of pyridine rings is 2. The molecule has 4 amide bonds. The summed E-state index contributed by atoms with van der Waals surface area (Å²) in [6.07, 6.45) is 0.907. The molecule has 1 spiro atoms. The van der Waals surface area contributed by atoms with E-state index >= 15 is 0 Å². The summed E-state index contributed by atoms with van der Waals surface area (Å²) in [6, 6.07) is 14.3. The Kier molecular flexibility index (Phi) is 3.71. The summed E-state index contributed by atoms with van der Waals surface area (Å²) >= 11 is 0. The lowest BCUT2D eigenvalue weighted by Crippen LogP contribution is -2.48. The number of likely N-dealkylation sites (N-methyl/N-ethyl adjacent to an activating group) is 1. The van der Waals surface area contributed by atoms with Crippen LogP contribution < -0.4 is 16.2 Å². The molecular formula is C26H19N5O4. The molecule has 172 valence electrons. The van der Waals surface area contributed by atoms with Gasteiger partial charge in [0.05, 0.1) is 34.5 Å². The van der Waals surface area contributed by atoms with Crippen molar-refractivity contribution in [2.75, 3.05) is 12.4 Å². The van der Waals surface area contributed by atoms with E-state index in [1.807, 2.05) is 42.5 Å². The second-order valence-corrected chi connectivity index (χ2v) is 9.46. The van der Waals surface area contributed by atoms with Crippen LogP contribution in [-0.4, -0.2) is 44.9 Å². The zero-order valence-electron chi connectivity index (χ0n) is 18.7. The number of amides is 4. The van der Waals surface area contributed by atoms with E-state index in [4.69, 9.17) is 4.98 Å². The van der Waals surface area contributed by atoms with Crippen LogP contribution in [0.25, 0.3) is 21.8 Å². The lowest BCUT2D eigenvalue weighted by Gasteiger charge is -2.27. The van der Waals surface area contributed by atoms with Crippen molar-refractivity contribution in [3.63, 3.8) is 0 Å². The first kappa shape index (κ1) is 19.9. The number of imide groups is 1. The summed E-state index contributed by atoms with van der Waals surface area (Å²) < 4.78 is 1.63. The van der Waals surface area contributed by atoms with Gasteiger partial charge in [0, 0.05) is 36.7 Å². The number of fused-ring (bicyclic) bond motifs is 2. The van der Waals surface area contributed by atoms with Crippen LogP contribution in [0, 0.1) is 0 Å². The Labute approximate surface area is 198 Å². The van der Waals surface area contributed by atoms with Crippen LogP contribution in [0.3, 0.4) is 0 Å². The molecule has 7 rings (SSSR count). The van der Waals surface area contributed by atoms with E-state index in [1.165, 1.54) is 11.0 Å². The van der Waals surface area contributed by atoms with Gasteiger partial charge in [0.25, 0.3) is 17.4 Å². The monoisotopic (exact) mass is 465 g/mol. The van der Waals surface area contributed by atoms with Gasteiger partial charge in [0.2, 0.25) is 0 Å². The first-order chi connectivity index (χ1) is 16.8. The Bertz CT molecular complexity index is 1740. The maximum absolute atomic E-state index is 12.9. The quantitative estimate of drug-likeness (QED) is 0.441. The molecule has 2 aliphatic heterocycles. The fraction of sp³-hybridized carbons (Fsp3) is 0.192. The van der Waals surface area contributed by atoms with E-state index in [-0.39, 0.29) is 29.9 Å². The average Bonchev–Trinajstić information content (AvgIpc) is 3.43. The largest absolute Gasteiger partial charge is 0.324 e. The molecule has 3 aliphatic rings. The maximum Gasteiger partial charge on any atom is 0.324 e. The van der Waals surface area contributed by atoms with Crippen LogP contribution in [-0.2, 0) is 24.2 Å². The molecular weight excluding hydrogens is 446 g/mol. The van der Waals surface area contributed by atoms with E-state index in [9.17, 15) is 19.2 Å². The number of aromatic nitrogens is 2.